The van der Waals surface area contributed by atoms with E-state index in [1.54, 1.807) is 0 Å². The van der Waals surface area contributed by atoms with Crippen molar-refractivity contribution in [3.05, 3.63) is 156 Å². The van der Waals surface area contributed by atoms with Crippen LogP contribution >= 0.6 is 0 Å². The van der Waals surface area contributed by atoms with Crippen LogP contribution in [-0.4, -0.2) is 0 Å². The Morgan fingerprint density at radius 3 is 1.37 bits per heavy atom. The van der Waals surface area contributed by atoms with Crippen molar-refractivity contribution < 1.29 is 0 Å². The van der Waals surface area contributed by atoms with Crippen molar-refractivity contribution in [2.24, 2.45) is 5.92 Å². The van der Waals surface area contributed by atoms with Gasteiger partial charge >= 0.3 is 0 Å². The number of hydrogen-bond donors (Lipinski definition) is 0. The van der Waals surface area contributed by atoms with E-state index in [1.165, 1.54) is 67.1 Å². The maximum Gasteiger partial charge on any atom is 0.0491 e. The van der Waals surface area contributed by atoms with Crippen molar-refractivity contribution in [3.8, 4) is 22.3 Å². The van der Waals surface area contributed by atoms with Gasteiger partial charge in [0, 0.05) is 17.1 Å². The lowest BCUT2D eigenvalue weighted by molar-refractivity contribution is 0.739. The molecule has 0 fully saturated rings. The molecule has 0 N–H and O–H groups in total. The Bertz CT molecular complexity index is 1650. The van der Waals surface area contributed by atoms with Crippen molar-refractivity contribution in [2.45, 2.75) is 34.1 Å². The molecule has 0 bridgehead atoms. The molecular weight excluding hydrogens is 494 g/mol. The smallest absolute Gasteiger partial charge is 0.0491 e. The molecule has 1 unspecified atom stereocenters. The highest BCUT2D eigenvalue weighted by Gasteiger charge is 2.20. The van der Waals surface area contributed by atoms with Gasteiger partial charge < -0.3 is 4.90 Å². The van der Waals surface area contributed by atoms with E-state index in [-0.39, 0.29) is 0 Å². The van der Waals surface area contributed by atoms with Gasteiger partial charge in [0.2, 0.25) is 0 Å². The first kappa shape index (κ1) is 26.6. The molecule has 0 spiro atoms. The van der Waals surface area contributed by atoms with Crippen LogP contribution in [0.2, 0.25) is 0 Å². The molecule has 0 aromatic heterocycles. The average molecular weight is 532 g/mol. The molecule has 202 valence electrons. The van der Waals surface area contributed by atoms with E-state index in [9.17, 15) is 0 Å². The van der Waals surface area contributed by atoms with Crippen molar-refractivity contribution in [1.29, 1.82) is 0 Å². The van der Waals surface area contributed by atoms with Crippen molar-refractivity contribution in [1.82, 2.24) is 0 Å². The van der Waals surface area contributed by atoms with E-state index in [0.717, 1.165) is 6.42 Å². The second-order valence-corrected chi connectivity index (χ2v) is 11.3. The summed E-state index contributed by atoms with van der Waals surface area (Å²) in [6, 6.07) is 41.9. The van der Waals surface area contributed by atoms with Crippen LogP contribution in [0.4, 0.5) is 17.1 Å². The summed E-state index contributed by atoms with van der Waals surface area (Å²) in [6.07, 6.45) is 8.06. The number of nitrogens with zero attached hydrogens (tertiary/aromatic N) is 1. The number of anilines is 3. The summed E-state index contributed by atoms with van der Waals surface area (Å²) in [5.41, 5.74) is 14.9. The molecule has 1 aliphatic carbocycles. The highest BCUT2D eigenvalue weighted by molar-refractivity contribution is 5.86. The van der Waals surface area contributed by atoms with E-state index in [2.05, 4.69) is 166 Å². The Kier molecular flexibility index (Phi) is 7.44. The summed E-state index contributed by atoms with van der Waals surface area (Å²) >= 11 is 0. The zero-order chi connectivity index (χ0) is 28.3. The number of allylic oxidation sites excluding steroid dienone is 4. The Morgan fingerprint density at radius 2 is 0.951 bits per heavy atom. The minimum absolute atomic E-state index is 0.610. The van der Waals surface area contributed by atoms with E-state index >= 15 is 0 Å². The largest absolute Gasteiger partial charge is 0.310 e. The first-order valence-corrected chi connectivity index (χ1v) is 14.6. The Balaban J connectivity index is 1.46. The van der Waals surface area contributed by atoms with Crippen molar-refractivity contribution in [3.63, 3.8) is 0 Å². The summed E-state index contributed by atoms with van der Waals surface area (Å²) in [5.74, 6) is 0.610. The molecule has 5 aromatic carbocycles. The second-order valence-electron chi connectivity index (χ2n) is 11.3. The third-order valence-electron chi connectivity index (χ3n) is 8.17. The average Bonchev–Trinajstić information content (AvgIpc) is 3.00. The van der Waals surface area contributed by atoms with Gasteiger partial charge in [0.15, 0.2) is 0 Å². The summed E-state index contributed by atoms with van der Waals surface area (Å²) in [5, 5.41) is 0. The third kappa shape index (κ3) is 5.54. The quantitative estimate of drug-likeness (QED) is 0.211. The molecule has 1 nitrogen and oxygen atoms in total. The van der Waals surface area contributed by atoms with Crippen molar-refractivity contribution in [2.75, 3.05) is 4.90 Å². The Labute approximate surface area is 245 Å². The first-order chi connectivity index (χ1) is 20.0. The predicted molar refractivity (Wildman–Crippen MR) is 177 cm³/mol. The van der Waals surface area contributed by atoms with E-state index in [0.29, 0.717) is 5.92 Å². The molecule has 1 aliphatic rings. The van der Waals surface area contributed by atoms with Crippen LogP contribution in [0, 0.1) is 26.7 Å². The standard InChI is InChI=1S/C40H37N/c1-28-15-17-34(18-16-28)37-21-24-40(31(4)27-37)41(38-22-19-35(25-29(38)2)32-11-7-5-8-12-32)39-23-20-36(26-30(39)3)33-13-9-6-10-14-33/h5-15,17-28H,16H2,1-4H3. The van der Waals surface area contributed by atoms with Crippen LogP contribution < -0.4 is 4.90 Å². The third-order valence-corrected chi connectivity index (χ3v) is 8.17. The molecule has 0 saturated carbocycles. The monoisotopic (exact) mass is 531 g/mol. The van der Waals surface area contributed by atoms with Crippen LogP contribution in [-0.2, 0) is 0 Å². The summed E-state index contributed by atoms with van der Waals surface area (Å²) in [4.78, 5) is 2.44. The van der Waals surface area contributed by atoms with Crippen LogP contribution in [0.25, 0.3) is 27.8 Å². The molecule has 0 aliphatic heterocycles. The van der Waals surface area contributed by atoms with Crippen LogP contribution in [0.5, 0.6) is 0 Å². The lowest BCUT2D eigenvalue weighted by Gasteiger charge is -2.31. The molecule has 5 aromatic rings. The molecular formula is C40H37N. The minimum atomic E-state index is 0.610. The maximum atomic E-state index is 2.44. The van der Waals surface area contributed by atoms with Gasteiger partial charge in [0.25, 0.3) is 0 Å². The van der Waals surface area contributed by atoms with Crippen molar-refractivity contribution >= 4 is 22.6 Å². The molecule has 1 heteroatoms. The highest BCUT2D eigenvalue weighted by atomic mass is 15.1. The molecule has 1 atom stereocenters. The zero-order valence-electron chi connectivity index (χ0n) is 24.4. The molecule has 0 amide bonds. The zero-order valence-corrected chi connectivity index (χ0v) is 24.4. The van der Waals surface area contributed by atoms with Crippen LogP contribution in [0.3, 0.4) is 0 Å². The fraction of sp³-hybridized carbons (Fsp3) is 0.150. The van der Waals surface area contributed by atoms with Gasteiger partial charge in [-0.1, -0.05) is 104 Å². The fourth-order valence-corrected chi connectivity index (χ4v) is 5.85. The van der Waals surface area contributed by atoms with E-state index in [1.807, 2.05) is 0 Å². The fourth-order valence-electron chi connectivity index (χ4n) is 5.85. The van der Waals surface area contributed by atoms with Gasteiger partial charge in [-0.25, -0.2) is 0 Å². The predicted octanol–water partition coefficient (Wildman–Crippen LogP) is 11.4. The molecule has 0 radical (unpaired) electrons. The Morgan fingerprint density at radius 1 is 0.512 bits per heavy atom. The van der Waals surface area contributed by atoms with Gasteiger partial charge in [-0.3, -0.25) is 0 Å². The molecule has 0 heterocycles. The van der Waals surface area contributed by atoms with Crippen LogP contribution in [0.1, 0.15) is 35.6 Å². The van der Waals surface area contributed by atoms with E-state index < -0.39 is 0 Å². The summed E-state index contributed by atoms with van der Waals surface area (Å²) < 4.78 is 0. The van der Waals surface area contributed by atoms with Gasteiger partial charge in [-0.2, -0.15) is 0 Å². The number of hydrogen-bond acceptors (Lipinski definition) is 1. The molecule has 6 rings (SSSR count). The van der Waals surface area contributed by atoms with E-state index in [4.69, 9.17) is 0 Å². The van der Waals surface area contributed by atoms with Gasteiger partial charge in [-0.05, 0) is 120 Å². The first-order valence-electron chi connectivity index (χ1n) is 14.6. The van der Waals surface area contributed by atoms with Gasteiger partial charge in [-0.15, -0.1) is 0 Å². The Hall–Kier alpha value is -4.62. The normalized spacial score (nSPS) is 14.5. The lowest BCUT2D eigenvalue weighted by atomic mass is 9.93. The highest BCUT2D eigenvalue weighted by Crippen LogP contribution is 2.42. The maximum absolute atomic E-state index is 2.44. The number of benzene rings is 5. The molecule has 0 saturated heterocycles. The number of rotatable bonds is 6. The molecule has 41 heavy (non-hydrogen) atoms. The summed E-state index contributed by atoms with van der Waals surface area (Å²) in [6.45, 7) is 8.96. The van der Waals surface area contributed by atoms with Crippen LogP contribution in [0.15, 0.2) is 133 Å². The summed E-state index contributed by atoms with van der Waals surface area (Å²) in [7, 11) is 0. The number of aryl methyl sites for hydroxylation is 3. The SMILES string of the molecule is Cc1cc(C2=CCC(C)C=C2)ccc1N(c1ccc(-c2ccccc2)cc1C)c1ccc(-c2ccccc2)cc1C. The van der Waals surface area contributed by atoms with Gasteiger partial charge in [0.05, 0.1) is 0 Å². The topological polar surface area (TPSA) is 3.24 Å². The second kappa shape index (κ2) is 11.5. The lowest BCUT2D eigenvalue weighted by Crippen LogP contribution is -2.14. The van der Waals surface area contributed by atoms with Gasteiger partial charge in [0.1, 0.15) is 0 Å². The minimum Gasteiger partial charge on any atom is -0.310 e.